The Bertz CT molecular complexity index is 963. The van der Waals surface area contributed by atoms with Crippen molar-refractivity contribution in [1.29, 1.82) is 0 Å². The third-order valence-electron chi connectivity index (χ3n) is 13.4. The fourth-order valence-electron chi connectivity index (χ4n) is 11.2. The molecule has 5 aliphatic rings. The van der Waals surface area contributed by atoms with Crippen molar-refractivity contribution in [3.63, 3.8) is 0 Å². The number of rotatable bonds is 2. The second-order valence-corrected chi connectivity index (χ2v) is 14.6. The van der Waals surface area contributed by atoms with Crippen molar-refractivity contribution in [1.82, 2.24) is 0 Å². The fourth-order valence-corrected chi connectivity index (χ4v) is 11.2. The molecule has 0 aromatic rings. The molecule has 13 atom stereocenters. The maximum Gasteiger partial charge on any atom is 0.310 e. The Labute approximate surface area is 216 Å². The van der Waals surface area contributed by atoms with Crippen molar-refractivity contribution < 1.29 is 30.3 Å². The molecule has 0 aromatic carbocycles. The van der Waals surface area contributed by atoms with E-state index in [0.29, 0.717) is 25.2 Å². The van der Waals surface area contributed by atoms with Crippen molar-refractivity contribution in [2.75, 3.05) is 6.61 Å². The summed E-state index contributed by atoms with van der Waals surface area (Å²) >= 11 is 0. The SMILES string of the molecule is C[C@H]1[C@H](C)CC[C@]2(C(=O)O)CC[C@]3(C)C(=CC[C@@H]4[C@]5(C)C[C@H](O)[C@H](O)[C@](C)(CO)[C@@H]5[C@H](O)C[C@@]43C)[C@@H]12. The van der Waals surface area contributed by atoms with Crippen LogP contribution in [0, 0.1) is 56.7 Å². The first-order valence-corrected chi connectivity index (χ1v) is 14.2. The van der Waals surface area contributed by atoms with Crippen molar-refractivity contribution >= 4 is 5.97 Å². The molecule has 4 saturated carbocycles. The van der Waals surface area contributed by atoms with Gasteiger partial charge in [0, 0.05) is 11.3 Å². The highest BCUT2D eigenvalue weighted by atomic mass is 16.4. The number of aliphatic hydroxyl groups is 4. The summed E-state index contributed by atoms with van der Waals surface area (Å²) in [7, 11) is 0. The molecule has 0 bridgehead atoms. The Balaban J connectivity index is 1.65. The van der Waals surface area contributed by atoms with Gasteiger partial charge >= 0.3 is 5.97 Å². The van der Waals surface area contributed by atoms with Crippen molar-refractivity contribution in [3.8, 4) is 0 Å². The monoisotopic (exact) mass is 504 g/mol. The predicted octanol–water partition coefficient (Wildman–Crippen LogP) is 4.00. The average molecular weight is 505 g/mol. The van der Waals surface area contributed by atoms with Crippen LogP contribution >= 0.6 is 0 Å². The molecular formula is C30H48O6. The van der Waals surface area contributed by atoms with Gasteiger partial charge in [-0.05, 0) is 84.9 Å². The summed E-state index contributed by atoms with van der Waals surface area (Å²) in [6, 6.07) is 0. The van der Waals surface area contributed by atoms with Crippen molar-refractivity contribution in [2.45, 2.75) is 105 Å². The van der Waals surface area contributed by atoms with E-state index in [1.165, 1.54) is 5.57 Å². The summed E-state index contributed by atoms with van der Waals surface area (Å²) in [5.74, 6) is -0.0914. The zero-order valence-corrected chi connectivity index (χ0v) is 23.0. The van der Waals surface area contributed by atoms with Gasteiger partial charge in [0.15, 0.2) is 0 Å². The van der Waals surface area contributed by atoms with Gasteiger partial charge < -0.3 is 25.5 Å². The van der Waals surface area contributed by atoms with E-state index >= 15 is 0 Å². The normalized spacial score (nSPS) is 58.6. The first-order valence-electron chi connectivity index (χ1n) is 14.2. The van der Waals surface area contributed by atoms with Crippen LogP contribution in [0.25, 0.3) is 0 Å². The Morgan fingerprint density at radius 3 is 2.28 bits per heavy atom. The van der Waals surface area contributed by atoms with Crippen LogP contribution in [-0.2, 0) is 4.79 Å². The summed E-state index contributed by atoms with van der Waals surface area (Å²) in [5.41, 5.74) is -1.41. The Kier molecular flexibility index (Phi) is 5.95. The summed E-state index contributed by atoms with van der Waals surface area (Å²) in [5, 5.41) is 54.7. The van der Waals surface area contributed by atoms with Crippen LogP contribution in [0.2, 0.25) is 0 Å². The number of aliphatic carboxylic acids is 1. The van der Waals surface area contributed by atoms with Gasteiger partial charge in [-0.3, -0.25) is 4.79 Å². The van der Waals surface area contributed by atoms with Gasteiger partial charge in [-0.15, -0.1) is 0 Å². The fraction of sp³-hybridized carbons (Fsp3) is 0.900. The number of carbonyl (C=O) groups is 1. The molecule has 0 aliphatic heterocycles. The topological polar surface area (TPSA) is 118 Å². The van der Waals surface area contributed by atoms with Crippen molar-refractivity contribution in [3.05, 3.63) is 11.6 Å². The quantitative estimate of drug-likeness (QED) is 0.363. The van der Waals surface area contributed by atoms with Gasteiger partial charge in [-0.25, -0.2) is 0 Å². The van der Waals surface area contributed by atoms with E-state index in [9.17, 15) is 30.3 Å². The van der Waals surface area contributed by atoms with Crippen LogP contribution in [0.3, 0.4) is 0 Å². The summed E-state index contributed by atoms with van der Waals surface area (Å²) in [6.45, 7) is 12.8. The first kappa shape index (κ1) is 26.6. The molecule has 6 heteroatoms. The molecule has 0 spiro atoms. The number of carboxylic acids is 1. The molecular weight excluding hydrogens is 456 g/mol. The summed E-state index contributed by atoms with van der Waals surface area (Å²) in [4.78, 5) is 12.8. The zero-order valence-electron chi connectivity index (χ0n) is 23.0. The maximum atomic E-state index is 12.8. The van der Waals surface area contributed by atoms with Crippen LogP contribution in [0.1, 0.15) is 86.5 Å². The first-order chi connectivity index (χ1) is 16.6. The van der Waals surface area contributed by atoms with Gasteiger partial charge in [-0.1, -0.05) is 53.2 Å². The van der Waals surface area contributed by atoms with E-state index in [4.69, 9.17) is 0 Å². The number of carboxylic acid groups (broad SMARTS) is 1. The average Bonchev–Trinajstić information content (AvgIpc) is 2.80. The van der Waals surface area contributed by atoms with Crippen LogP contribution in [-0.4, -0.2) is 56.4 Å². The van der Waals surface area contributed by atoms with Gasteiger partial charge in [0.05, 0.1) is 30.3 Å². The van der Waals surface area contributed by atoms with Gasteiger partial charge in [0.25, 0.3) is 0 Å². The Hall–Kier alpha value is -0.950. The standard InChI is InChI=1S/C30H48O6/c1-16-9-10-30(25(35)36)12-11-28(5)18(22(30)17(16)2)7-8-21-26(3)13-20(33)24(34)27(4,15-31)23(26)19(32)14-29(21,28)6/h7,16-17,19-24,31-34H,8-15H2,1-6H3,(H,35,36)/t16-,17+,19-,20+,21-,22-,23-,24+,26+,27-,28-,29+,30+/m1/s1. The lowest BCUT2D eigenvalue weighted by molar-refractivity contribution is -0.273. The molecule has 0 radical (unpaired) electrons. The lowest BCUT2D eigenvalue weighted by Crippen LogP contribution is -2.71. The highest BCUT2D eigenvalue weighted by molar-refractivity contribution is 5.76. The third-order valence-corrected chi connectivity index (χ3v) is 13.4. The van der Waals surface area contributed by atoms with Crippen LogP contribution < -0.4 is 0 Å². The second-order valence-electron chi connectivity index (χ2n) is 14.6. The zero-order chi connectivity index (χ0) is 26.6. The molecule has 0 aromatic heterocycles. The van der Waals surface area contributed by atoms with Gasteiger partial charge in [-0.2, -0.15) is 0 Å². The number of fused-ring (bicyclic) bond motifs is 7. The Morgan fingerprint density at radius 2 is 1.67 bits per heavy atom. The minimum Gasteiger partial charge on any atom is -0.481 e. The highest BCUT2D eigenvalue weighted by Crippen LogP contribution is 2.75. The van der Waals surface area contributed by atoms with Crippen molar-refractivity contribution in [2.24, 2.45) is 56.7 Å². The Morgan fingerprint density at radius 1 is 1.00 bits per heavy atom. The molecule has 4 fully saturated rings. The minimum absolute atomic E-state index is 0.000534. The molecule has 6 nitrogen and oxygen atoms in total. The number of hydrogen-bond acceptors (Lipinski definition) is 5. The number of aliphatic hydroxyl groups excluding tert-OH is 4. The second kappa shape index (κ2) is 8.03. The molecule has 204 valence electrons. The highest BCUT2D eigenvalue weighted by Gasteiger charge is 2.72. The van der Waals surface area contributed by atoms with E-state index < -0.39 is 40.5 Å². The third kappa shape index (κ3) is 2.96. The summed E-state index contributed by atoms with van der Waals surface area (Å²) in [6.07, 6.45) is 4.44. The number of hydrogen-bond donors (Lipinski definition) is 5. The molecule has 5 N–H and O–H groups in total. The predicted molar refractivity (Wildman–Crippen MR) is 137 cm³/mol. The molecule has 5 rings (SSSR count). The molecule has 0 unspecified atom stereocenters. The van der Waals surface area contributed by atoms with Gasteiger partial charge in [0.1, 0.15) is 0 Å². The molecule has 36 heavy (non-hydrogen) atoms. The largest absolute Gasteiger partial charge is 0.481 e. The lowest BCUT2D eigenvalue weighted by Gasteiger charge is -2.72. The maximum absolute atomic E-state index is 12.8. The van der Waals surface area contributed by atoms with Crippen LogP contribution in [0.5, 0.6) is 0 Å². The minimum atomic E-state index is -1.08. The van der Waals surface area contributed by atoms with E-state index in [2.05, 4.69) is 40.7 Å². The van der Waals surface area contributed by atoms with Crippen LogP contribution in [0.15, 0.2) is 11.6 Å². The molecule has 0 amide bonds. The summed E-state index contributed by atoms with van der Waals surface area (Å²) < 4.78 is 0. The van der Waals surface area contributed by atoms with Crippen LogP contribution in [0.4, 0.5) is 0 Å². The van der Waals surface area contributed by atoms with E-state index in [0.717, 1.165) is 25.7 Å². The molecule has 5 aliphatic carbocycles. The van der Waals surface area contributed by atoms with E-state index in [1.54, 1.807) is 0 Å². The van der Waals surface area contributed by atoms with E-state index in [-0.39, 0.29) is 41.1 Å². The van der Waals surface area contributed by atoms with Gasteiger partial charge in [0.2, 0.25) is 0 Å². The number of allylic oxidation sites excluding steroid dienone is 2. The smallest absolute Gasteiger partial charge is 0.310 e. The lowest BCUT2D eigenvalue weighted by atomic mass is 9.32. The van der Waals surface area contributed by atoms with E-state index in [1.807, 2.05) is 6.92 Å². The molecule has 0 saturated heterocycles. The molecule has 0 heterocycles.